The predicted octanol–water partition coefficient (Wildman–Crippen LogP) is 5.54. The number of aryl methyl sites for hydroxylation is 1. The second-order valence-corrected chi connectivity index (χ2v) is 9.06. The topological polar surface area (TPSA) is 91.2 Å². The fraction of sp³-hybridized carbons (Fsp3) is 0.138. The molecule has 8 nitrogen and oxygen atoms in total. The molecule has 1 amide bonds. The van der Waals surface area contributed by atoms with Crippen LogP contribution in [0.1, 0.15) is 21.6 Å². The molecule has 0 radical (unpaired) electrons. The molecule has 0 saturated heterocycles. The second-order valence-electron chi connectivity index (χ2n) is 8.21. The van der Waals surface area contributed by atoms with Crippen molar-refractivity contribution in [2.45, 2.75) is 6.92 Å². The number of nitrogens with one attached hydrogen (secondary N) is 1. The monoisotopic (exact) mass is 575 g/mol. The molecule has 4 aromatic rings. The lowest BCUT2D eigenvalue weighted by Crippen LogP contribution is -2.17. The van der Waals surface area contributed by atoms with Gasteiger partial charge >= 0.3 is 5.97 Å². The minimum atomic E-state index is -0.513. The van der Waals surface area contributed by atoms with E-state index in [1.54, 1.807) is 24.3 Å². The van der Waals surface area contributed by atoms with Crippen LogP contribution in [0.2, 0.25) is 0 Å². The Bertz CT molecular complexity index is 1460. The SMILES string of the molecule is COC(=O)COc1c(Br)cc(/C=N/NC(=O)c2ccc(-n3c(C)ccc3-c3ccccc3)cc2)cc1OC. The molecule has 194 valence electrons. The number of nitrogens with zero attached hydrogens (tertiary/aromatic N) is 2. The maximum Gasteiger partial charge on any atom is 0.343 e. The van der Waals surface area contributed by atoms with E-state index in [2.05, 4.69) is 60.0 Å². The van der Waals surface area contributed by atoms with Gasteiger partial charge in [0.2, 0.25) is 0 Å². The van der Waals surface area contributed by atoms with Gasteiger partial charge in [-0.2, -0.15) is 5.10 Å². The first-order chi connectivity index (χ1) is 18.4. The molecule has 0 atom stereocenters. The minimum Gasteiger partial charge on any atom is -0.493 e. The summed E-state index contributed by atoms with van der Waals surface area (Å²) in [7, 11) is 2.77. The summed E-state index contributed by atoms with van der Waals surface area (Å²) < 4.78 is 18.1. The van der Waals surface area contributed by atoms with Crippen molar-refractivity contribution >= 4 is 34.0 Å². The molecule has 3 aromatic carbocycles. The van der Waals surface area contributed by atoms with Gasteiger partial charge in [0.15, 0.2) is 18.1 Å². The summed E-state index contributed by atoms with van der Waals surface area (Å²) in [5, 5.41) is 4.07. The number of hydrogen-bond acceptors (Lipinski definition) is 6. The average Bonchev–Trinajstić information content (AvgIpc) is 3.33. The summed E-state index contributed by atoms with van der Waals surface area (Å²) >= 11 is 3.41. The third-order valence-electron chi connectivity index (χ3n) is 5.73. The molecule has 1 N–H and O–H groups in total. The Kier molecular flexibility index (Phi) is 8.60. The molecule has 0 aliphatic carbocycles. The Morgan fingerprint density at radius 2 is 1.74 bits per heavy atom. The number of methoxy groups -OCH3 is 2. The first-order valence-corrected chi connectivity index (χ1v) is 12.5. The summed E-state index contributed by atoms with van der Waals surface area (Å²) in [5.74, 6) is -0.112. The van der Waals surface area contributed by atoms with Gasteiger partial charge in [-0.05, 0) is 82.5 Å². The molecule has 0 aliphatic rings. The number of halogens is 1. The third-order valence-corrected chi connectivity index (χ3v) is 6.32. The maximum absolute atomic E-state index is 12.7. The van der Waals surface area contributed by atoms with Gasteiger partial charge in [-0.3, -0.25) is 4.79 Å². The number of carbonyl (C=O) groups excluding carboxylic acids is 2. The largest absolute Gasteiger partial charge is 0.493 e. The number of carbonyl (C=O) groups is 2. The first kappa shape index (κ1) is 26.7. The molecule has 38 heavy (non-hydrogen) atoms. The van der Waals surface area contributed by atoms with Crippen molar-refractivity contribution in [3.8, 4) is 28.4 Å². The average molecular weight is 576 g/mol. The van der Waals surface area contributed by atoms with Crippen LogP contribution in [0.25, 0.3) is 16.9 Å². The lowest BCUT2D eigenvalue weighted by atomic mass is 10.1. The number of rotatable bonds is 9. The Labute approximate surface area is 229 Å². The molecule has 1 heterocycles. The van der Waals surface area contributed by atoms with Crippen LogP contribution in [0.5, 0.6) is 11.5 Å². The van der Waals surface area contributed by atoms with E-state index in [9.17, 15) is 9.59 Å². The standard InChI is InChI=1S/C29H26BrN3O5/c1-19-9-14-25(21-7-5-4-6-8-21)33(19)23-12-10-22(11-13-23)29(35)32-31-17-20-15-24(30)28(26(16-20)36-2)38-18-27(34)37-3/h4-17H,18H2,1-3H3,(H,32,35)/b31-17+. The summed E-state index contributed by atoms with van der Waals surface area (Å²) in [6.07, 6.45) is 1.49. The normalized spacial score (nSPS) is 10.8. The number of benzene rings is 3. The molecular formula is C29H26BrN3O5. The zero-order valence-corrected chi connectivity index (χ0v) is 22.7. The number of ether oxygens (including phenoxy) is 3. The van der Waals surface area contributed by atoms with Crippen molar-refractivity contribution in [3.63, 3.8) is 0 Å². The number of hydrogen-bond donors (Lipinski definition) is 1. The van der Waals surface area contributed by atoms with E-state index < -0.39 is 5.97 Å². The first-order valence-electron chi connectivity index (χ1n) is 11.7. The van der Waals surface area contributed by atoms with E-state index in [-0.39, 0.29) is 12.5 Å². The Morgan fingerprint density at radius 1 is 1.00 bits per heavy atom. The van der Waals surface area contributed by atoms with E-state index in [1.807, 2.05) is 37.3 Å². The lowest BCUT2D eigenvalue weighted by Gasteiger charge is -2.13. The molecule has 0 aliphatic heterocycles. The summed E-state index contributed by atoms with van der Waals surface area (Å²) in [5.41, 5.74) is 7.90. The van der Waals surface area contributed by atoms with Gasteiger partial charge in [0.05, 0.1) is 30.6 Å². The van der Waals surface area contributed by atoms with Crippen LogP contribution in [0.4, 0.5) is 0 Å². The fourth-order valence-electron chi connectivity index (χ4n) is 3.85. The summed E-state index contributed by atoms with van der Waals surface area (Å²) in [6.45, 7) is 1.79. The Morgan fingerprint density at radius 3 is 2.42 bits per heavy atom. The number of amides is 1. The van der Waals surface area contributed by atoms with E-state index >= 15 is 0 Å². The molecule has 0 saturated carbocycles. The van der Waals surface area contributed by atoms with E-state index in [1.165, 1.54) is 20.4 Å². The van der Waals surface area contributed by atoms with Gasteiger partial charge in [0.25, 0.3) is 5.91 Å². The van der Waals surface area contributed by atoms with E-state index in [0.717, 1.165) is 22.6 Å². The number of aromatic nitrogens is 1. The summed E-state index contributed by atoms with van der Waals surface area (Å²) in [6, 6.07) is 25.1. The van der Waals surface area contributed by atoms with E-state index in [4.69, 9.17) is 9.47 Å². The molecule has 4 rings (SSSR count). The highest BCUT2D eigenvalue weighted by molar-refractivity contribution is 9.10. The van der Waals surface area contributed by atoms with Crippen molar-refractivity contribution < 1.29 is 23.8 Å². The number of esters is 1. The quantitative estimate of drug-likeness (QED) is 0.161. The van der Waals surface area contributed by atoms with Gasteiger partial charge in [0, 0.05) is 16.9 Å². The zero-order valence-electron chi connectivity index (χ0n) is 21.1. The predicted molar refractivity (Wildman–Crippen MR) is 149 cm³/mol. The molecule has 1 aromatic heterocycles. The van der Waals surface area contributed by atoms with Crippen LogP contribution in [-0.4, -0.2) is 43.5 Å². The van der Waals surface area contributed by atoms with Crippen LogP contribution in [-0.2, 0) is 9.53 Å². The van der Waals surface area contributed by atoms with Gasteiger partial charge in [-0.1, -0.05) is 30.3 Å². The molecule has 9 heteroatoms. The second kappa shape index (κ2) is 12.2. The Balaban J connectivity index is 1.45. The van der Waals surface area contributed by atoms with Crippen molar-refractivity contribution in [1.29, 1.82) is 0 Å². The van der Waals surface area contributed by atoms with Crippen LogP contribution < -0.4 is 14.9 Å². The molecular weight excluding hydrogens is 550 g/mol. The highest BCUT2D eigenvalue weighted by Gasteiger charge is 2.14. The van der Waals surface area contributed by atoms with Crippen LogP contribution >= 0.6 is 15.9 Å². The van der Waals surface area contributed by atoms with Crippen LogP contribution in [0, 0.1) is 6.92 Å². The smallest absolute Gasteiger partial charge is 0.343 e. The van der Waals surface area contributed by atoms with Gasteiger partial charge in [0.1, 0.15) is 0 Å². The fourth-order valence-corrected chi connectivity index (χ4v) is 4.43. The Hall–Kier alpha value is -4.37. The molecule has 0 spiro atoms. The summed E-state index contributed by atoms with van der Waals surface area (Å²) in [4.78, 5) is 24.1. The van der Waals surface area contributed by atoms with Gasteiger partial charge in [-0.25, -0.2) is 10.2 Å². The van der Waals surface area contributed by atoms with Crippen LogP contribution in [0.15, 0.2) is 88.4 Å². The van der Waals surface area contributed by atoms with Gasteiger partial charge < -0.3 is 18.8 Å². The number of hydrazone groups is 1. The molecule has 0 unspecified atom stereocenters. The molecule has 0 fully saturated rings. The van der Waals surface area contributed by atoms with Crippen molar-refractivity contribution in [2.75, 3.05) is 20.8 Å². The minimum absolute atomic E-state index is 0.259. The van der Waals surface area contributed by atoms with Crippen molar-refractivity contribution in [1.82, 2.24) is 9.99 Å². The lowest BCUT2D eigenvalue weighted by molar-refractivity contribution is -0.142. The van der Waals surface area contributed by atoms with Crippen molar-refractivity contribution in [2.24, 2.45) is 5.10 Å². The van der Waals surface area contributed by atoms with Crippen molar-refractivity contribution in [3.05, 3.63) is 100 Å². The highest BCUT2D eigenvalue weighted by atomic mass is 79.9. The highest BCUT2D eigenvalue weighted by Crippen LogP contribution is 2.36. The molecule has 0 bridgehead atoms. The third kappa shape index (κ3) is 6.12. The maximum atomic E-state index is 12.7. The van der Waals surface area contributed by atoms with E-state index in [0.29, 0.717) is 27.1 Å². The van der Waals surface area contributed by atoms with Crippen LogP contribution in [0.3, 0.4) is 0 Å². The van der Waals surface area contributed by atoms with Gasteiger partial charge in [-0.15, -0.1) is 0 Å². The zero-order chi connectivity index (χ0) is 27.1.